The van der Waals surface area contributed by atoms with E-state index in [2.05, 4.69) is 29.3 Å². The first-order valence-corrected chi connectivity index (χ1v) is 10.9. The average molecular weight is 386 g/mol. The molecule has 0 atom stereocenters. The van der Waals surface area contributed by atoms with E-state index in [4.69, 9.17) is 0 Å². The SMILES string of the molecule is Cc1ccccc1CCNC(=O)CN1CCN(C(=O)CC2CCCCC2)CC1. The Kier molecular flexibility index (Phi) is 7.90. The summed E-state index contributed by atoms with van der Waals surface area (Å²) in [5, 5.41) is 3.03. The number of aryl methyl sites for hydroxylation is 1. The van der Waals surface area contributed by atoms with Crippen LogP contribution in [0.25, 0.3) is 0 Å². The summed E-state index contributed by atoms with van der Waals surface area (Å²) in [6, 6.07) is 8.30. The van der Waals surface area contributed by atoms with Crippen molar-refractivity contribution in [3.05, 3.63) is 35.4 Å². The van der Waals surface area contributed by atoms with Crippen LogP contribution < -0.4 is 5.32 Å². The van der Waals surface area contributed by atoms with Crippen molar-refractivity contribution in [2.24, 2.45) is 5.92 Å². The van der Waals surface area contributed by atoms with Crippen molar-refractivity contribution in [2.75, 3.05) is 39.3 Å². The minimum Gasteiger partial charge on any atom is -0.355 e. The number of amides is 2. The molecule has 1 saturated carbocycles. The zero-order chi connectivity index (χ0) is 19.8. The maximum absolute atomic E-state index is 12.5. The van der Waals surface area contributed by atoms with Crippen LogP contribution in [-0.2, 0) is 16.0 Å². The van der Waals surface area contributed by atoms with Gasteiger partial charge in [0.05, 0.1) is 6.54 Å². The van der Waals surface area contributed by atoms with Crippen LogP contribution in [0.2, 0.25) is 0 Å². The Hall–Kier alpha value is -1.88. The zero-order valence-electron chi connectivity index (χ0n) is 17.3. The summed E-state index contributed by atoms with van der Waals surface area (Å²) in [4.78, 5) is 28.9. The van der Waals surface area contributed by atoms with Gasteiger partial charge in [0.2, 0.25) is 11.8 Å². The Morgan fingerprint density at radius 2 is 1.75 bits per heavy atom. The summed E-state index contributed by atoms with van der Waals surface area (Å²) < 4.78 is 0. The van der Waals surface area contributed by atoms with Crippen LogP contribution in [-0.4, -0.2) is 60.9 Å². The minimum absolute atomic E-state index is 0.0792. The maximum Gasteiger partial charge on any atom is 0.234 e. The lowest BCUT2D eigenvalue weighted by atomic mass is 9.86. The summed E-state index contributed by atoms with van der Waals surface area (Å²) in [5.41, 5.74) is 2.55. The molecule has 0 aromatic heterocycles. The molecule has 1 aliphatic carbocycles. The summed E-state index contributed by atoms with van der Waals surface area (Å²) in [6.07, 6.45) is 7.91. The molecule has 1 aromatic rings. The van der Waals surface area contributed by atoms with E-state index in [-0.39, 0.29) is 5.91 Å². The highest BCUT2D eigenvalue weighted by Crippen LogP contribution is 2.27. The second kappa shape index (κ2) is 10.6. The fraction of sp³-hybridized carbons (Fsp3) is 0.652. The van der Waals surface area contributed by atoms with Crippen molar-refractivity contribution in [1.82, 2.24) is 15.1 Å². The molecule has 154 valence electrons. The second-order valence-electron chi connectivity index (χ2n) is 8.39. The molecule has 1 aliphatic heterocycles. The van der Waals surface area contributed by atoms with Crippen molar-refractivity contribution >= 4 is 11.8 Å². The smallest absolute Gasteiger partial charge is 0.234 e. The standard InChI is InChI=1S/C23H35N3O2/c1-19-7-5-6-10-21(19)11-12-24-22(27)18-25-13-15-26(16-14-25)23(28)17-20-8-3-2-4-9-20/h5-7,10,20H,2-4,8-9,11-18H2,1H3,(H,24,27). The number of nitrogens with zero attached hydrogens (tertiary/aromatic N) is 2. The van der Waals surface area contributed by atoms with Gasteiger partial charge >= 0.3 is 0 Å². The van der Waals surface area contributed by atoms with E-state index >= 15 is 0 Å². The molecule has 1 saturated heterocycles. The second-order valence-corrected chi connectivity index (χ2v) is 8.39. The Morgan fingerprint density at radius 1 is 1.04 bits per heavy atom. The number of benzene rings is 1. The van der Waals surface area contributed by atoms with Gasteiger partial charge in [-0.25, -0.2) is 0 Å². The fourth-order valence-corrected chi connectivity index (χ4v) is 4.41. The third-order valence-corrected chi connectivity index (χ3v) is 6.26. The van der Waals surface area contributed by atoms with Crippen LogP contribution in [0.3, 0.4) is 0 Å². The lowest BCUT2D eigenvalue weighted by Crippen LogP contribution is -2.51. The van der Waals surface area contributed by atoms with Gasteiger partial charge in [-0.15, -0.1) is 0 Å². The van der Waals surface area contributed by atoms with E-state index in [1.807, 2.05) is 17.0 Å². The largest absolute Gasteiger partial charge is 0.355 e. The summed E-state index contributed by atoms with van der Waals surface area (Å²) in [5.74, 6) is 0.989. The van der Waals surface area contributed by atoms with Crippen molar-refractivity contribution in [2.45, 2.75) is 51.9 Å². The van der Waals surface area contributed by atoms with E-state index in [1.54, 1.807) is 0 Å². The monoisotopic (exact) mass is 385 g/mol. The molecule has 5 nitrogen and oxygen atoms in total. The molecule has 2 fully saturated rings. The molecule has 0 radical (unpaired) electrons. The van der Waals surface area contributed by atoms with Gasteiger partial charge in [0.1, 0.15) is 0 Å². The molecule has 1 heterocycles. The first-order chi connectivity index (χ1) is 13.6. The third-order valence-electron chi connectivity index (χ3n) is 6.26. The molecular weight excluding hydrogens is 350 g/mol. The lowest BCUT2D eigenvalue weighted by molar-refractivity contribution is -0.134. The molecule has 0 bridgehead atoms. The fourth-order valence-electron chi connectivity index (χ4n) is 4.41. The normalized spacial score (nSPS) is 18.8. The number of piperazine rings is 1. The van der Waals surface area contributed by atoms with Crippen LogP contribution in [0.1, 0.15) is 49.7 Å². The number of nitrogens with one attached hydrogen (secondary N) is 1. The predicted octanol–water partition coefficient (Wildman–Crippen LogP) is 2.77. The Morgan fingerprint density at radius 3 is 2.46 bits per heavy atom. The number of hydrogen-bond donors (Lipinski definition) is 1. The van der Waals surface area contributed by atoms with E-state index in [1.165, 1.54) is 43.2 Å². The summed E-state index contributed by atoms with van der Waals surface area (Å²) >= 11 is 0. The van der Waals surface area contributed by atoms with E-state index in [0.29, 0.717) is 24.9 Å². The number of carbonyl (C=O) groups is 2. The minimum atomic E-state index is 0.0792. The highest BCUT2D eigenvalue weighted by Gasteiger charge is 2.25. The van der Waals surface area contributed by atoms with Gasteiger partial charge in [-0.3, -0.25) is 14.5 Å². The molecule has 0 spiro atoms. The molecule has 2 aliphatic rings. The van der Waals surface area contributed by atoms with Crippen molar-refractivity contribution < 1.29 is 9.59 Å². The van der Waals surface area contributed by atoms with Gasteiger partial charge in [0.15, 0.2) is 0 Å². The van der Waals surface area contributed by atoms with Crippen molar-refractivity contribution in [3.8, 4) is 0 Å². The van der Waals surface area contributed by atoms with E-state index in [0.717, 1.165) is 39.0 Å². The van der Waals surface area contributed by atoms with Crippen molar-refractivity contribution in [1.29, 1.82) is 0 Å². The van der Waals surface area contributed by atoms with Crippen LogP contribution in [0.5, 0.6) is 0 Å². The summed E-state index contributed by atoms with van der Waals surface area (Å²) in [6.45, 7) is 6.29. The van der Waals surface area contributed by atoms with Gasteiger partial charge in [-0.05, 0) is 43.2 Å². The first-order valence-electron chi connectivity index (χ1n) is 10.9. The Balaban J connectivity index is 1.31. The summed E-state index contributed by atoms with van der Waals surface area (Å²) in [7, 11) is 0. The highest BCUT2D eigenvalue weighted by molar-refractivity contribution is 5.78. The molecule has 5 heteroatoms. The van der Waals surface area contributed by atoms with Crippen LogP contribution >= 0.6 is 0 Å². The van der Waals surface area contributed by atoms with Crippen LogP contribution in [0.15, 0.2) is 24.3 Å². The quantitative estimate of drug-likeness (QED) is 0.785. The van der Waals surface area contributed by atoms with E-state index in [9.17, 15) is 9.59 Å². The Bertz CT molecular complexity index is 647. The maximum atomic E-state index is 12.5. The zero-order valence-corrected chi connectivity index (χ0v) is 17.3. The topological polar surface area (TPSA) is 52.7 Å². The van der Waals surface area contributed by atoms with Gasteiger partial charge < -0.3 is 10.2 Å². The van der Waals surface area contributed by atoms with Gasteiger partial charge in [-0.2, -0.15) is 0 Å². The molecule has 3 rings (SSSR count). The van der Waals surface area contributed by atoms with Gasteiger partial charge in [0, 0.05) is 39.1 Å². The number of rotatable bonds is 7. The highest BCUT2D eigenvalue weighted by atomic mass is 16.2. The Labute approximate surface area is 169 Å². The van der Waals surface area contributed by atoms with E-state index < -0.39 is 0 Å². The molecule has 1 N–H and O–H groups in total. The molecule has 0 unspecified atom stereocenters. The molecule has 28 heavy (non-hydrogen) atoms. The molecular formula is C23H35N3O2. The molecule has 2 amide bonds. The molecule has 1 aromatic carbocycles. The van der Waals surface area contributed by atoms with Crippen LogP contribution in [0, 0.1) is 12.8 Å². The van der Waals surface area contributed by atoms with Gasteiger partial charge in [0.25, 0.3) is 0 Å². The number of carbonyl (C=O) groups excluding carboxylic acids is 2. The van der Waals surface area contributed by atoms with Crippen LogP contribution in [0.4, 0.5) is 0 Å². The lowest BCUT2D eigenvalue weighted by Gasteiger charge is -2.35. The predicted molar refractivity (Wildman–Crippen MR) is 112 cm³/mol. The van der Waals surface area contributed by atoms with Gasteiger partial charge in [-0.1, -0.05) is 43.5 Å². The van der Waals surface area contributed by atoms with Crippen molar-refractivity contribution in [3.63, 3.8) is 0 Å². The average Bonchev–Trinajstić information content (AvgIpc) is 2.71. The third kappa shape index (κ3) is 6.33. The first kappa shape index (κ1) is 20.8. The number of hydrogen-bond acceptors (Lipinski definition) is 3.